The smallest absolute Gasteiger partial charge is 0.274 e. The molecule has 1 aromatic rings. The van der Waals surface area contributed by atoms with Gasteiger partial charge in [0.1, 0.15) is 12.4 Å². The molecule has 0 spiro atoms. The summed E-state index contributed by atoms with van der Waals surface area (Å²) < 4.78 is 10.9. The number of benzene rings is 1. The molecule has 2 aliphatic heterocycles. The zero-order chi connectivity index (χ0) is 16.4. The van der Waals surface area contributed by atoms with Gasteiger partial charge in [0.15, 0.2) is 0 Å². The molecule has 2 N–H and O–H groups in total. The fourth-order valence-electron chi connectivity index (χ4n) is 2.91. The number of hydrogen-bond acceptors (Lipinski definition) is 5. The van der Waals surface area contributed by atoms with Crippen LogP contribution in [0.25, 0.3) is 0 Å². The predicted molar refractivity (Wildman–Crippen MR) is 80.1 cm³/mol. The van der Waals surface area contributed by atoms with Crippen LogP contribution in [-0.4, -0.2) is 48.3 Å². The number of nitrogens with one attached hydrogen (secondary N) is 1. The standard InChI is InChI=1S/C16H20N2O5/c1-2-16(9-22-10-16)15(20)18-5-6-23-13-7-11(14(19)17-21)3-4-12(13)8-18/h3-4,7,21H,2,5-6,8-10H2,1H3,(H,17,19). The molecule has 0 bridgehead atoms. The van der Waals surface area contributed by atoms with Crippen molar-refractivity contribution in [3.63, 3.8) is 0 Å². The first-order valence-electron chi connectivity index (χ1n) is 7.67. The highest BCUT2D eigenvalue weighted by molar-refractivity contribution is 5.93. The molecule has 1 saturated heterocycles. The third kappa shape index (κ3) is 2.77. The Labute approximate surface area is 134 Å². The lowest BCUT2D eigenvalue weighted by molar-refractivity contribution is -0.174. The van der Waals surface area contributed by atoms with Crippen LogP contribution in [0.1, 0.15) is 29.3 Å². The summed E-state index contributed by atoms with van der Waals surface area (Å²) in [7, 11) is 0. The molecule has 1 fully saturated rings. The van der Waals surface area contributed by atoms with E-state index >= 15 is 0 Å². The number of rotatable bonds is 3. The summed E-state index contributed by atoms with van der Waals surface area (Å²) in [6, 6.07) is 4.93. The van der Waals surface area contributed by atoms with E-state index in [0.717, 1.165) is 12.0 Å². The van der Waals surface area contributed by atoms with Crippen molar-refractivity contribution >= 4 is 11.8 Å². The minimum absolute atomic E-state index is 0.0971. The van der Waals surface area contributed by atoms with Crippen molar-refractivity contribution in [2.24, 2.45) is 5.41 Å². The van der Waals surface area contributed by atoms with E-state index in [2.05, 4.69) is 0 Å². The summed E-state index contributed by atoms with van der Waals surface area (Å²) >= 11 is 0. The van der Waals surface area contributed by atoms with Gasteiger partial charge in [0, 0.05) is 17.7 Å². The van der Waals surface area contributed by atoms with Crippen molar-refractivity contribution in [3.8, 4) is 5.75 Å². The highest BCUT2D eigenvalue weighted by Crippen LogP contribution is 2.35. The van der Waals surface area contributed by atoms with Crippen molar-refractivity contribution in [1.82, 2.24) is 10.4 Å². The van der Waals surface area contributed by atoms with Crippen LogP contribution < -0.4 is 10.2 Å². The van der Waals surface area contributed by atoms with Crippen molar-refractivity contribution in [2.75, 3.05) is 26.4 Å². The van der Waals surface area contributed by atoms with Crippen LogP contribution in [0.15, 0.2) is 18.2 Å². The lowest BCUT2D eigenvalue weighted by Gasteiger charge is -2.42. The van der Waals surface area contributed by atoms with Crippen LogP contribution in [-0.2, 0) is 16.1 Å². The fourth-order valence-corrected chi connectivity index (χ4v) is 2.91. The van der Waals surface area contributed by atoms with Gasteiger partial charge in [0.25, 0.3) is 5.91 Å². The van der Waals surface area contributed by atoms with Crippen LogP contribution in [0.3, 0.4) is 0 Å². The van der Waals surface area contributed by atoms with Gasteiger partial charge < -0.3 is 14.4 Å². The molecule has 7 nitrogen and oxygen atoms in total. The van der Waals surface area contributed by atoms with Crippen molar-refractivity contribution in [1.29, 1.82) is 0 Å². The molecule has 0 radical (unpaired) electrons. The van der Waals surface area contributed by atoms with Gasteiger partial charge in [-0.15, -0.1) is 0 Å². The van der Waals surface area contributed by atoms with Gasteiger partial charge in [-0.1, -0.05) is 13.0 Å². The highest BCUT2D eigenvalue weighted by Gasteiger charge is 2.46. The number of carbonyl (C=O) groups is 2. The van der Waals surface area contributed by atoms with E-state index in [1.165, 1.54) is 0 Å². The third-order valence-corrected chi connectivity index (χ3v) is 4.59. The van der Waals surface area contributed by atoms with Gasteiger partial charge in [0.05, 0.1) is 25.2 Å². The Bertz CT molecular complexity index is 621. The maximum Gasteiger partial charge on any atom is 0.274 e. The summed E-state index contributed by atoms with van der Waals surface area (Å²) in [4.78, 5) is 26.1. The first-order chi connectivity index (χ1) is 11.1. The Morgan fingerprint density at radius 2 is 2.17 bits per heavy atom. The second-order valence-corrected chi connectivity index (χ2v) is 5.97. The topological polar surface area (TPSA) is 88.1 Å². The lowest BCUT2D eigenvalue weighted by Crippen LogP contribution is -2.55. The van der Waals surface area contributed by atoms with Gasteiger partial charge >= 0.3 is 0 Å². The summed E-state index contributed by atoms with van der Waals surface area (Å²) in [5.41, 5.74) is 2.35. The molecule has 1 aromatic carbocycles. The summed E-state index contributed by atoms with van der Waals surface area (Å²) in [6.45, 7) is 4.25. The minimum atomic E-state index is -0.592. The van der Waals surface area contributed by atoms with E-state index in [-0.39, 0.29) is 5.91 Å². The first-order valence-corrected chi connectivity index (χ1v) is 7.67. The Morgan fingerprint density at radius 3 is 2.78 bits per heavy atom. The fraction of sp³-hybridized carbons (Fsp3) is 0.500. The van der Waals surface area contributed by atoms with Gasteiger partial charge in [-0.05, 0) is 18.6 Å². The molecular formula is C16H20N2O5. The Balaban J connectivity index is 1.81. The summed E-state index contributed by atoms with van der Waals surface area (Å²) in [5, 5.41) is 8.71. The van der Waals surface area contributed by atoms with Crippen LogP contribution in [0, 0.1) is 5.41 Å². The molecule has 2 heterocycles. The predicted octanol–water partition coefficient (Wildman–Crippen LogP) is 0.953. The van der Waals surface area contributed by atoms with E-state index in [0.29, 0.717) is 44.2 Å². The largest absolute Gasteiger partial charge is 0.491 e. The maximum atomic E-state index is 12.8. The number of carbonyl (C=O) groups excluding carboxylic acids is 2. The zero-order valence-corrected chi connectivity index (χ0v) is 13.0. The van der Waals surface area contributed by atoms with Crippen molar-refractivity contribution < 1.29 is 24.3 Å². The molecule has 124 valence electrons. The molecule has 3 rings (SSSR count). The average Bonchev–Trinajstić information content (AvgIpc) is 2.75. The maximum absolute atomic E-state index is 12.8. The summed E-state index contributed by atoms with van der Waals surface area (Å²) in [5.74, 6) is 0.0711. The van der Waals surface area contributed by atoms with E-state index in [4.69, 9.17) is 14.7 Å². The van der Waals surface area contributed by atoms with Gasteiger partial charge in [0.2, 0.25) is 5.91 Å². The second kappa shape index (κ2) is 6.17. The Kier molecular flexibility index (Phi) is 4.23. The number of fused-ring (bicyclic) bond motifs is 1. The van der Waals surface area contributed by atoms with Gasteiger partial charge in [-0.3, -0.25) is 14.8 Å². The van der Waals surface area contributed by atoms with Gasteiger partial charge in [-0.25, -0.2) is 5.48 Å². The van der Waals surface area contributed by atoms with E-state index in [1.54, 1.807) is 28.6 Å². The quantitative estimate of drug-likeness (QED) is 0.639. The molecule has 0 atom stereocenters. The monoisotopic (exact) mass is 320 g/mol. The van der Waals surface area contributed by atoms with Gasteiger partial charge in [-0.2, -0.15) is 0 Å². The first kappa shape index (κ1) is 15.8. The number of hydrogen-bond donors (Lipinski definition) is 2. The molecule has 23 heavy (non-hydrogen) atoms. The molecule has 0 aromatic heterocycles. The number of ether oxygens (including phenoxy) is 2. The lowest BCUT2D eigenvalue weighted by atomic mass is 9.81. The van der Waals surface area contributed by atoms with E-state index < -0.39 is 11.3 Å². The van der Waals surface area contributed by atoms with Crippen molar-refractivity contribution in [2.45, 2.75) is 19.9 Å². The highest BCUT2D eigenvalue weighted by atomic mass is 16.5. The van der Waals surface area contributed by atoms with Crippen LogP contribution in [0.4, 0.5) is 0 Å². The number of amides is 2. The second-order valence-electron chi connectivity index (χ2n) is 5.97. The average molecular weight is 320 g/mol. The molecule has 0 aliphatic carbocycles. The van der Waals surface area contributed by atoms with Crippen LogP contribution in [0.5, 0.6) is 5.75 Å². The Hall–Kier alpha value is -2.12. The summed E-state index contributed by atoms with van der Waals surface area (Å²) in [6.07, 6.45) is 0.756. The molecule has 2 aliphatic rings. The molecule has 7 heteroatoms. The third-order valence-electron chi connectivity index (χ3n) is 4.59. The SMILES string of the molecule is CCC1(C(=O)N2CCOc3cc(C(=O)NO)ccc3C2)COC1. The minimum Gasteiger partial charge on any atom is -0.491 e. The molecule has 0 saturated carbocycles. The normalized spacial score (nSPS) is 19.0. The zero-order valence-electron chi connectivity index (χ0n) is 13.0. The number of nitrogens with zero attached hydrogens (tertiary/aromatic N) is 1. The van der Waals surface area contributed by atoms with E-state index in [9.17, 15) is 9.59 Å². The Morgan fingerprint density at radius 1 is 1.39 bits per heavy atom. The van der Waals surface area contributed by atoms with Crippen LogP contribution in [0.2, 0.25) is 0 Å². The number of hydroxylamine groups is 1. The van der Waals surface area contributed by atoms with E-state index in [1.807, 2.05) is 6.92 Å². The van der Waals surface area contributed by atoms with Crippen molar-refractivity contribution in [3.05, 3.63) is 29.3 Å². The van der Waals surface area contributed by atoms with Crippen LogP contribution >= 0.6 is 0 Å². The molecule has 2 amide bonds. The molecule has 0 unspecified atom stereocenters. The molecular weight excluding hydrogens is 300 g/mol.